The number of sulfonamides is 1. The predicted molar refractivity (Wildman–Crippen MR) is 75.9 cm³/mol. The van der Waals surface area contributed by atoms with Crippen molar-refractivity contribution in [2.24, 2.45) is 0 Å². The molecule has 0 radical (unpaired) electrons. The minimum atomic E-state index is -3.69. The van der Waals surface area contributed by atoms with Gasteiger partial charge in [-0.1, -0.05) is 0 Å². The van der Waals surface area contributed by atoms with Crippen LogP contribution in [0.2, 0.25) is 0 Å². The van der Waals surface area contributed by atoms with E-state index in [9.17, 15) is 8.42 Å². The standard InChI is InChI=1S/C13H18N4O3S/c1-9(13-14-6-7-15-13)17-21(18,19)12-5-4-11(20-12)8-16-10-2-3-10/h4-7,9-10,16-17H,2-3,8H2,1H3,(H,14,15). The Hall–Kier alpha value is -1.64. The smallest absolute Gasteiger partial charge is 0.274 e. The fourth-order valence-corrected chi connectivity index (χ4v) is 3.15. The minimum absolute atomic E-state index is 0.0755. The van der Waals surface area contributed by atoms with E-state index in [0.29, 0.717) is 24.2 Å². The Morgan fingerprint density at radius 1 is 1.48 bits per heavy atom. The number of aromatic amines is 1. The minimum Gasteiger partial charge on any atom is -0.447 e. The lowest BCUT2D eigenvalue weighted by Gasteiger charge is -2.10. The number of hydrogen-bond donors (Lipinski definition) is 3. The zero-order valence-electron chi connectivity index (χ0n) is 11.7. The molecule has 3 N–H and O–H groups in total. The van der Waals surface area contributed by atoms with Crippen LogP contribution in [0.25, 0.3) is 0 Å². The van der Waals surface area contributed by atoms with Crippen molar-refractivity contribution in [2.75, 3.05) is 0 Å². The Bertz CT molecular complexity index is 689. The van der Waals surface area contributed by atoms with Crippen LogP contribution in [0, 0.1) is 0 Å². The molecule has 7 nitrogen and oxygen atoms in total. The second-order valence-electron chi connectivity index (χ2n) is 5.19. The molecule has 0 saturated heterocycles. The summed E-state index contributed by atoms with van der Waals surface area (Å²) in [6, 6.07) is 3.25. The summed E-state index contributed by atoms with van der Waals surface area (Å²) in [5.41, 5.74) is 0. The van der Waals surface area contributed by atoms with E-state index in [-0.39, 0.29) is 5.09 Å². The molecule has 8 heteroatoms. The van der Waals surface area contributed by atoms with Crippen molar-refractivity contribution in [3.63, 3.8) is 0 Å². The normalized spacial score (nSPS) is 17.0. The summed E-state index contributed by atoms with van der Waals surface area (Å²) in [5, 5.41) is 3.20. The summed E-state index contributed by atoms with van der Waals surface area (Å²) in [6.45, 7) is 2.27. The number of nitrogens with zero attached hydrogens (tertiary/aromatic N) is 1. The molecule has 0 amide bonds. The summed E-state index contributed by atoms with van der Waals surface area (Å²) < 4.78 is 32.4. The molecule has 0 aliphatic heterocycles. The van der Waals surface area contributed by atoms with Crippen LogP contribution in [0.4, 0.5) is 0 Å². The van der Waals surface area contributed by atoms with Crippen LogP contribution in [-0.2, 0) is 16.6 Å². The lowest BCUT2D eigenvalue weighted by molar-refractivity contribution is 0.397. The highest BCUT2D eigenvalue weighted by Crippen LogP contribution is 2.21. The van der Waals surface area contributed by atoms with Gasteiger partial charge in [0.25, 0.3) is 10.0 Å². The van der Waals surface area contributed by atoms with E-state index in [4.69, 9.17) is 4.42 Å². The fourth-order valence-electron chi connectivity index (χ4n) is 1.99. The molecule has 0 spiro atoms. The summed E-state index contributed by atoms with van der Waals surface area (Å²) in [5.74, 6) is 1.17. The second-order valence-corrected chi connectivity index (χ2v) is 6.84. The van der Waals surface area contributed by atoms with Crippen molar-refractivity contribution in [2.45, 2.75) is 43.5 Å². The second kappa shape index (κ2) is 5.63. The topological polar surface area (TPSA) is 100 Å². The van der Waals surface area contributed by atoms with Crippen molar-refractivity contribution in [1.82, 2.24) is 20.0 Å². The van der Waals surface area contributed by atoms with E-state index >= 15 is 0 Å². The van der Waals surface area contributed by atoms with Gasteiger partial charge < -0.3 is 14.7 Å². The van der Waals surface area contributed by atoms with E-state index in [2.05, 4.69) is 20.0 Å². The monoisotopic (exact) mass is 310 g/mol. The highest BCUT2D eigenvalue weighted by atomic mass is 32.2. The number of furan rings is 1. The molecular weight excluding hydrogens is 292 g/mol. The van der Waals surface area contributed by atoms with Gasteiger partial charge >= 0.3 is 0 Å². The molecule has 1 aliphatic rings. The van der Waals surface area contributed by atoms with Gasteiger partial charge in [-0.3, -0.25) is 0 Å². The maximum atomic E-state index is 12.2. The molecule has 0 bridgehead atoms. The number of imidazole rings is 1. The lowest BCUT2D eigenvalue weighted by atomic mass is 10.3. The van der Waals surface area contributed by atoms with Crippen molar-refractivity contribution in [3.05, 3.63) is 36.1 Å². The first kappa shape index (κ1) is 14.3. The SMILES string of the molecule is CC(NS(=O)(=O)c1ccc(CNC2CC2)o1)c1ncc[nH]1. The van der Waals surface area contributed by atoms with Gasteiger partial charge in [0.1, 0.15) is 11.6 Å². The maximum absolute atomic E-state index is 12.2. The first-order chi connectivity index (χ1) is 10.0. The van der Waals surface area contributed by atoms with E-state index in [1.54, 1.807) is 25.4 Å². The fraction of sp³-hybridized carbons (Fsp3) is 0.462. The molecule has 2 heterocycles. The highest BCUT2D eigenvalue weighted by molar-refractivity contribution is 7.89. The third-order valence-corrected chi connectivity index (χ3v) is 4.72. The largest absolute Gasteiger partial charge is 0.447 e. The molecule has 21 heavy (non-hydrogen) atoms. The molecule has 1 fully saturated rings. The predicted octanol–water partition coefficient (Wildman–Crippen LogP) is 1.29. The number of hydrogen-bond acceptors (Lipinski definition) is 5. The number of rotatable bonds is 7. The molecule has 0 aromatic carbocycles. The van der Waals surface area contributed by atoms with Gasteiger partial charge in [0.05, 0.1) is 12.6 Å². The highest BCUT2D eigenvalue weighted by Gasteiger charge is 2.24. The molecule has 1 aliphatic carbocycles. The Kier molecular flexibility index (Phi) is 3.83. The van der Waals surface area contributed by atoms with Crippen molar-refractivity contribution >= 4 is 10.0 Å². The molecule has 2 aromatic heterocycles. The third-order valence-electron chi connectivity index (χ3n) is 3.31. The van der Waals surface area contributed by atoms with Gasteiger partial charge in [0.2, 0.25) is 5.09 Å². The van der Waals surface area contributed by atoms with Crippen LogP contribution >= 0.6 is 0 Å². The van der Waals surface area contributed by atoms with Crippen molar-refractivity contribution < 1.29 is 12.8 Å². The number of aromatic nitrogens is 2. The molecule has 114 valence electrons. The quantitative estimate of drug-likeness (QED) is 0.715. The van der Waals surface area contributed by atoms with E-state index < -0.39 is 16.1 Å². The average Bonchev–Trinajstić information content (AvgIpc) is 2.96. The first-order valence-corrected chi connectivity index (χ1v) is 8.36. The van der Waals surface area contributed by atoms with Crippen LogP contribution in [-0.4, -0.2) is 24.4 Å². The zero-order valence-corrected chi connectivity index (χ0v) is 12.5. The Balaban J connectivity index is 1.66. The van der Waals surface area contributed by atoms with E-state index in [1.165, 1.54) is 18.9 Å². The molecule has 3 rings (SSSR count). The third kappa shape index (κ3) is 3.52. The van der Waals surface area contributed by atoms with Gasteiger partial charge in [0.15, 0.2) is 0 Å². The molecule has 1 saturated carbocycles. The lowest BCUT2D eigenvalue weighted by Crippen LogP contribution is -2.27. The summed E-state index contributed by atoms with van der Waals surface area (Å²) in [4.78, 5) is 6.91. The summed E-state index contributed by atoms with van der Waals surface area (Å²) >= 11 is 0. The van der Waals surface area contributed by atoms with Crippen LogP contribution in [0.15, 0.2) is 34.0 Å². The van der Waals surface area contributed by atoms with Gasteiger partial charge in [-0.2, -0.15) is 4.72 Å². The van der Waals surface area contributed by atoms with Crippen LogP contribution < -0.4 is 10.0 Å². The maximum Gasteiger partial charge on any atom is 0.274 e. The number of H-pyrrole nitrogens is 1. The van der Waals surface area contributed by atoms with Gasteiger partial charge in [-0.25, -0.2) is 13.4 Å². The number of nitrogens with one attached hydrogen (secondary N) is 3. The Morgan fingerprint density at radius 2 is 2.29 bits per heavy atom. The van der Waals surface area contributed by atoms with Gasteiger partial charge in [-0.05, 0) is 31.9 Å². The van der Waals surface area contributed by atoms with Crippen LogP contribution in [0.1, 0.15) is 37.4 Å². The van der Waals surface area contributed by atoms with Crippen molar-refractivity contribution in [3.8, 4) is 0 Å². The zero-order chi connectivity index (χ0) is 14.9. The molecule has 2 aromatic rings. The summed E-state index contributed by atoms with van der Waals surface area (Å²) in [6.07, 6.45) is 5.57. The molecule has 1 unspecified atom stereocenters. The van der Waals surface area contributed by atoms with Crippen molar-refractivity contribution in [1.29, 1.82) is 0 Å². The van der Waals surface area contributed by atoms with Crippen LogP contribution in [0.3, 0.4) is 0 Å². The van der Waals surface area contributed by atoms with E-state index in [0.717, 1.165) is 0 Å². The van der Waals surface area contributed by atoms with E-state index in [1.807, 2.05) is 0 Å². The summed E-state index contributed by atoms with van der Waals surface area (Å²) in [7, 11) is -3.69. The average molecular weight is 310 g/mol. The van der Waals surface area contributed by atoms with Gasteiger partial charge in [-0.15, -0.1) is 0 Å². The Labute approximate surface area is 123 Å². The van der Waals surface area contributed by atoms with Gasteiger partial charge in [0, 0.05) is 18.4 Å². The Morgan fingerprint density at radius 3 is 2.95 bits per heavy atom. The van der Waals surface area contributed by atoms with Crippen LogP contribution in [0.5, 0.6) is 0 Å². The first-order valence-electron chi connectivity index (χ1n) is 6.88. The molecule has 1 atom stereocenters. The molecular formula is C13H18N4O3S.